The van der Waals surface area contributed by atoms with Crippen molar-refractivity contribution in [2.24, 2.45) is 0 Å². The molecule has 0 aliphatic heterocycles. The summed E-state index contributed by atoms with van der Waals surface area (Å²) in [6.45, 7) is 1.62. The molecule has 0 bridgehead atoms. The number of hydrogen-bond acceptors (Lipinski definition) is 4. The van der Waals surface area contributed by atoms with Crippen LogP contribution in [-0.2, 0) is 6.18 Å². The average Bonchev–Trinajstić information content (AvgIpc) is 3.27. The van der Waals surface area contributed by atoms with E-state index in [0.29, 0.717) is 22.9 Å². The molecule has 2 heterocycles. The second kappa shape index (κ2) is 9.67. The first-order valence-electron chi connectivity index (χ1n) is 11.5. The highest BCUT2D eigenvalue weighted by Gasteiger charge is 2.35. The van der Waals surface area contributed by atoms with Crippen LogP contribution in [0.5, 0.6) is 0 Å². The van der Waals surface area contributed by atoms with Crippen LogP contribution in [0.4, 0.5) is 23.2 Å². The molecule has 5 rings (SSSR count). The first kappa shape index (κ1) is 24.5. The van der Waals surface area contributed by atoms with Crippen LogP contribution in [0, 0.1) is 12.7 Å². The summed E-state index contributed by atoms with van der Waals surface area (Å²) in [5, 5.41) is 21.1. The molecule has 0 fully saturated rings. The number of aromatic nitrogens is 3. The third-order valence-corrected chi connectivity index (χ3v) is 6.22. The zero-order valence-electron chi connectivity index (χ0n) is 19.6. The summed E-state index contributed by atoms with van der Waals surface area (Å²) in [5.41, 5.74) is 2.59. The van der Waals surface area contributed by atoms with Gasteiger partial charge < -0.3 is 10.4 Å². The van der Waals surface area contributed by atoms with E-state index in [-0.39, 0.29) is 17.9 Å². The molecule has 3 aromatic carbocycles. The smallest absolute Gasteiger partial charge is 0.394 e. The number of nitrogens with one attached hydrogen (secondary N) is 2. The van der Waals surface area contributed by atoms with E-state index in [1.807, 2.05) is 43.3 Å². The fourth-order valence-corrected chi connectivity index (χ4v) is 4.37. The lowest BCUT2D eigenvalue weighted by molar-refractivity contribution is -0.137. The predicted octanol–water partition coefficient (Wildman–Crippen LogP) is 6.90. The molecule has 5 aromatic rings. The molecule has 1 unspecified atom stereocenters. The van der Waals surface area contributed by atoms with Crippen molar-refractivity contribution in [2.45, 2.75) is 19.1 Å². The van der Waals surface area contributed by atoms with Crippen LogP contribution in [0.1, 0.15) is 22.9 Å². The molecule has 0 radical (unpaired) electrons. The fourth-order valence-electron chi connectivity index (χ4n) is 4.37. The number of nitrogens with zero attached hydrogens (tertiary/aromatic N) is 2. The second-order valence-electron chi connectivity index (χ2n) is 8.67. The van der Waals surface area contributed by atoms with Gasteiger partial charge in [0.05, 0.1) is 47.0 Å². The lowest BCUT2D eigenvalue weighted by Gasteiger charge is -2.20. The van der Waals surface area contributed by atoms with E-state index in [1.165, 1.54) is 6.20 Å². The van der Waals surface area contributed by atoms with E-state index in [2.05, 4.69) is 20.5 Å². The SMILES string of the molecule is Cc1n[nH]c2ccc(-c3cc(NC(CO)c4ccccc4)cnc3-c3ccc(F)cc3C(F)(F)F)cc12. The number of benzene rings is 3. The molecule has 0 aliphatic rings. The van der Waals surface area contributed by atoms with Crippen molar-refractivity contribution >= 4 is 16.6 Å². The Hall–Kier alpha value is -4.24. The van der Waals surface area contributed by atoms with Crippen molar-refractivity contribution in [3.05, 3.63) is 102 Å². The maximum Gasteiger partial charge on any atom is 0.417 e. The minimum absolute atomic E-state index is 0.0543. The second-order valence-corrected chi connectivity index (χ2v) is 8.67. The van der Waals surface area contributed by atoms with E-state index in [4.69, 9.17) is 0 Å². The Labute approximate surface area is 209 Å². The van der Waals surface area contributed by atoms with Crippen LogP contribution in [0.15, 0.2) is 79.0 Å². The number of hydrogen-bond donors (Lipinski definition) is 3. The predicted molar refractivity (Wildman–Crippen MR) is 134 cm³/mol. The van der Waals surface area contributed by atoms with Gasteiger partial charge in [-0.25, -0.2) is 4.39 Å². The van der Waals surface area contributed by atoms with Gasteiger partial charge in [0.2, 0.25) is 0 Å². The summed E-state index contributed by atoms with van der Waals surface area (Å²) in [6, 6.07) is 18.5. The molecule has 0 spiro atoms. The lowest BCUT2D eigenvalue weighted by Crippen LogP contribution is -2.15. The van der Waals surface area contributed by atoms with Crippen molar-refractivity contribution in [3.8, 4) is 22.4 Å². The number of alkyl halides is 3. The Balaban J connectivity index is 1.68. The molecule has 0 aliphatic carbocycles. The van der Waals surface area contributed by atoms with Crippen molar-refractivity contribution in [1.29, 1.82) is 0 Å². The summed E-state index contributed by atoms with van der Waals surface area (Å²) in [6.07, 6.45) is -3.37. The monoisotopic (exact) mass is 506 g/mol. The maximum atomic E-state index is 13.9. The summed E-state index contributed by atoms with van der Waals surface area (Å²) < 4.78 is 55.6. The largest absolute Gasteiger partial charge is 0.417 e. The number of fused-ring (bicyclic) bond motifs is 1. The Kier molecular flexibility index (Phi) is 6.39. The average molecular weight is 507 g/mol. The third-order valence-electron chi connectivity index (χ3n) is 6.22. The van der Waals surface area contributed by atoms with E-state index >= 15 is 0 Å². The van der Waals surface area contributed by atoms with Gasteiger partial charge in [-0.1, -0.05) is 36.4 Å². The number of aliphatic hydroxyl groups excluding tert-OH is 1. The summed E-state index contributed by atoms with van der Waals surface area (Å²) >= 11 is 0. The quantitative estimate of drug-likeness (QED) is 0.219. The van der Waals surface area contributed by atoms with Crippen LogP contribution in [0.25, 0.3) is 33.3 Å². The molecule has 37 heavy (non-hydrogen) atoms. The number of halogens is 4. The molecule has 5 nitrogen and oxygen atoms in total. The summed E-state index contributed by atoms with van der Waals surface area (Å²) in [7, 11) is 0. The molecule has 1 atom stereocenters. The van der Waals surface area contributed by atoms with Gasteiger partial charge in [-0.3, -0.25) is 10.1 Å². The van der Waals surface area contributed by atoms with Gasteiger partial charge in [0.1, 0.15) is 5.82 Å². The van der Waals surface area contributed by atoms with Gasteiger partial charge in [0.25, 0.3) is 0 Å². The summed E-state index contributed by atoms with van der Waals surface area (Å²) in [4.78, 5) is 4.41. The molecule has 9 heteroatoms. The Morgan fingerprint density at radius 1 is 0.973 bits per heavy atom. The zero-order valence-corrected chi connectivity index (χ0v) is 19.6. The number of rotatable bonds is 6. The van der Waals surface area contributed by atoms with Crippen LogP contribution in [0.3, 0.4) is 0 Å². The molecular weight excluding hydrogens is 484 g/mol. The zero-order chi connectivity index (χ0) is 26.2. The number of aromatic amines is 1. The van der Waals surface area contributed by atoms with Crippen LogP contribution < -0.4 is 5.32 Å². The number of anilines is 1. The van der Waals surface area contributed by atoms with Gasteiger partial charge >= 0.3 is 6.18 Å². The molecule has 2 aromatic heterocycles. The Bertz CT molecular complexity index is 1560. The minimum Gasteiger partial charge on any atom is -0.394 e. The van der Waals surface area contributed by atoms with Crippen LogP contribution in [-0.4, -0.2) is 26.9 Å². The molecule has 3 N–H and O–H groups in total. The van der Waals surface area contributed by atoms with Gasteiger partial charge in [-0.15, -0.1) is 0 Å². The first-order chi connectivity index (χ1) is 17.7. The number of aryl methyl sites for hydroxylation is 1. The van der Waals surface area contributed by atoms with E-state index in [0.717, 1.165) is 34.3 Å². The molecule has 0 saturated carbocycles. The highest BCUT2D eigenvalue weighted by Crippen LogP contribution is 2.41. The van der Waals surface area contributed by atoms with Crippen molar-refractivity contribution in [2.75, 3.05) is 11.9 Å². The van der Waals surface area contributed by atoms with Gasteiger partial charge in [-0.05, 0) is 54.4 Å². The normalized spacial score (nSPS) is 12.6. The number of H-pyrrole nitrogens is 1. The van der Waals surface area contributed by atoms with E-state index < -0.39 is 23.6 Å². The molecular formula is C28H22F4N4O. The van der Waals surface area contributed by atoms with E-state index in [9.17, 15) is 22.7 Å². The number of pyridine rings is 1. The molecule has 0 amide bonds. The number of aliphatic hydroxyl groups is 1. The molecule has 0 saturated heterocycles. The fraction of sp³-hybridized carbons (Fsp3) is 0.143. The van der Waals surface area contributed by atoms with E-state index in [1.54, 1.807) is 18.2 Å². The van der Waals surface area contributed by atoms with Gasteiger partial charge in [0.15, 0.2) is 0 Å². The minimum atomic E-state index is -4.78. The third kappa shape index (κ3) is 4.90. The summed E-state index contributed by atoms with van der Waals surface area (Å²) in [5.74, 6) is -0.986. The lowest BCUT2D eigenvalue weighted by atomic mass is 9.94. The highest BCUT2D eigenvalue weighted by atomic mass is 19.4. The van der Waals surface area contributed by atoms with Crippen LogP contribution >= 0.6 is 0 Å². The molecule has 188 valence electrons. The van der Waals surface area contributed by atoms with Crippen molar-refractivity contribution in [3.63, 3.8) is 0 Å². The maximum absolute atomic E-state index is 13.9. The topological polar surface area (TPSA) is 73.8 Å². The van der Waals surface area contributed by atoms with Crippen molar-refractivity contribution < 1.29 is 22.7 Å². The van der Waals surface area contributed by atoms with Crippen molar-refractivity contribution in [1.82, 2.24) is 15.2 Å². The first-order valence-corrected chi connectivity index (χ1v) is 11.5. The highest BCUT2D eigenvalue weighted by molar-refractivity contribution is 5.91. The Morgan fingerprint density at radius 3 is 2.49 bits per heavy atom. The van der Waals surface area contributed by atoms with Gasteiger partial charge in [-0.2, -0.15) is 18.3 Å². The van der Waals surface area contributed by atoms with Crippen LogP contribution in [0.2, 0.25) is 0 Å². The Morgan fingerprint density at radius 2 is 1.76 bits per heavy atom. The standard InChI is InChI=1S/C28H22F4N4O/c1-16-22-11-18(7-10-25(22)36-35-16)23-13-20(34-26(15-37)17-5-3-2-4-6-17)14-33-27(23)21-9-8-19(29)12-24(21)28(30,31)32/h2-14,26,34,37H,15H2,1H3,(H,35,36). The van der Waals surface area contributed by atoms with Gasteiger partial charge in [0, 0.05) is 16.5 Å².